The minimum atomic E-state index is -0.244. The number of rotatable bonds is 9. The standard InChI is InChI=1S/C17H28N2O3/c1-17(2,3)19-16(21)13-22-15-8-6-14(7-9-15)12-18-10-4-5-11-20/h6-9,18,20H,4-5,10-13H2,1-3H3,(H,19,21). The Morgan fingerprint density at radius 2 is 1.86 bits per heavy atom. The Morgan fingerprint density at radius 1 is 1.18 bits per heavy atom. The molecule has 0 atom stereocenters. The van der Waals surface area contributed by atoms with Gasteiger partial charge in [0, 0.05) is 18.7 Å². The van der Waals surface area contributed by atoms with Crippen molar-refractivity contribution in [1.82, 2.24) is 10.6 Å². The molecule has 0 radical (unpaired) electrons. The minimum Gasteiger partial charge on any atom is -0.484 e. The quantitative estimate of drug-likeness (QED) is 0.609. The van der Waals surface area contributed by atoms with Crippen molar-refractivity contribution in [2.75, 3.05) is 19.8 Å². The molecule has 1 amide bonds. The third-order valence-electron chi connectivity index (χ3n) is 2.90. The Balaban J connectivity index is 2.28. The molecular formula is C17H28N2O3. The van der Waals surface area contributed by atoms with Gasteiger partial charge in [0.1, 0.15) is 5.75 Å². The second-order valence-corrected chi connectivity index (χ2v) is 6.34. The number of nitrogens with one attached hydrogen (secondary N) is 2. The van der Waals surface area contributed by atoms with E-state index in [2.05, 4.69) is 10.6 Å². The van der Waals surface area contributed by atoms with E-state index < -0.39 is 0 Å². The lowest BCUT2D eigenvalue weighted by atomic mass is 10.1. The molecule has 0 unspecified atom stereocenters. The van der Waals surface area contributed by atoms with Crippen LogP contribution in [-0.2, 0) is 11.3 Å². The highest BCUT2D eigenvalue weighted by Gasteiger charge is 2.13. The van der Waals surface area contributed by atoms with Crippen LogP contribution in [0.3, 0.4) is 0 Å². The zero-order valence-electron chi connectivity index (χ0n) is 13.8. The first kappa shape index (κ1) is 18.5. The molecule has 0 heterocycles. The Bertz CT molecular complexity index is 438. The van der Waals surface area contributed by atoms with Crippen LogP contribution in [0.15, 0.2) is 24.3 Å². The molecule has 1 aromatic rings. The number of unbranched alkanes of at least 4 members (excludes halogenated alkanes) is 1. The van der Waals surface area contributed by atoms with Crippen LogP contribution in [0.5, 0.6) is 5.75 Å². The fourth-order valence-corrected chi connectivity index (χ4v) is 1.90. The summed E-state index contributed by atoms with van der Waals surface area (Å²) in [5.41, 5.74) is 0.918. The van der Waals surface area contributed by atoms with Crippen molar-refractivity contribution in [2.45, 2.75) is 45.7 Å². The van der Waals surface area contributed by atoms with Gasteiger partial charge in [-0.1, -0.05) is 12.1 Å². The molecule has 0 saturated heterocycles. The largest absolute Gasteiger partial charge is 0.484 e. The number of benzene rings is 1. The zero-order chi connectivity index (χ0) is 16.4. The van der Waals surface area contributed by atoms with E-state index in [9.17, 15) is 4.79 Å². The number of hydrogen-bond acceptors (Lipinski definition) is 4. The third kappa shape index (κ3) is 8.64. The van der Waals surface area contributed by atoms with Gasteiger partial charge in [0.2, 0.25) is 0 Å². The topological polar surface area (TPSA) is 70.6 Å². The van der Waals surface area contributed by atoms with E-state index >= 15 is 0 Å². The van der Waals surface area contributed by atoms with Crippen LogP contribution in [0.1, 0.15) is 39.2 Å². The van der Waals surface area contributed by atoms with Gasteiger partial charge in [-0.15, -0.1) is 0 Å². The van der Waals surface area contributed by atoms with Crippen LogP contribution in [0.25, 0.3) is 0 Å². The van der Waals surface area contributed by atoms with Crippen molar-refractivity contribution in [3.05, 3.63) is 29.8 Å². The summed E-state index contributed by atoms with van der Waals surface area (Å²) >= 11 is 0. The van der Waals surface area contributed by atoms with Gasteiger partial charge in [0.15, 0.2) is 6.61 Å². The SMILES string of the molecule is CC(C)(C)NC(=O)COc1ccc(CNCCCCO)cc1. The van der Waals surface area contributed by atoms with Gasteiger partial charge in [0.25, 0.3) is 5.91 Å². The molecule has 22 heavy (non-hydrogen) atoms. The number of aliphatic hydroxyl groups is 1. The number of hydrogen-bond donors (Lipinski definition) is 3. The number of ether oxygens (including phenoxy) is 1. The molecule has 124 valence electrons. The summed E-state index contributed by atoms with van der Waals surface area (Å²) in [6.07, 6.45) is 1.80. The average Bonchev–Trinajstić information content (AvgIpc) is 2.44. The predicted octanol–water partition coefficient (Wildman–Crippen LogP) is 1.84. The van der Waals surface area contributed by atoms with Crippen LogP contribution in [-0.4, -0.2) is 36.3 Å². The Labute approximate surface area is 133 Å². The smallest absolute Gasteiger partial charge is 0.258 e. The molecule has 0 saturated carbocycles. The van der Waals surface area contributed by atoms with E-state index in [-0.39, 0.29) is 24.7 Å². The van der Waals surface area contributed by atoms with E-state index in [1.807, 2.05) is 45.0 Å². The average molecular weight is 308 g/mol. The Kier molecular flexibility index (Phi) is 7.91. The lowest BCUT2D eigenvalue weighted by Gasteiger charge is -2.20. The highest BCUT2D eigenvalue weighted by molar-refractivity contribution is 5.78. The van der Waals surface area contributed by atoms with E-state index in [0.717, 1.165) is 31.5 Å². The molecule has 3 N–H and O–H groups in total. The summed E-state index contributed by atoms with van der Waals surface area (Å²) in [6, 6.07) is 7.70. The van der Waals surface area contributed by atoms with Gasteiger partial charge in [-0.3, -0.25) is 4.79 Å². The first-order valence-electron chi connectivity index (χ1n) is 7.75. The number of carbonyl (C=O) groups excluding carboxylic acids is 1. The van der Waals surface area contributed by atoms with Gasteiger partial charge in [-0.2, -0.15) is 0 Å². The number of amides is 1. The molecule has 1 aromatic carbocycles. The summed E-state index contributed by atoms with van der Waals surface area (Å²) < 4.78 is 5.47. The molecular weight excluding hydrogens is 280 g/mol. The molecule has 0 bridgehead atoms. The van der Waals surface area contributed by atoms with Crippen molar-refractivity contribution in [1.29, 1.82) is 0 Å². The summed E-state index contributed by atoms with van der Waals surface area (Å²) in [5.74, 6) is 0.565. The van der Waals surface area contributed by atoms with Crippen molar-refractivity contribution in [3.8, 4) is 5.75 Å². The summed E-state index contributed by atoms with van der Waals surface area (Å²) in [7, 11) is 0. The molecule has 0 spiro atoms. The molecule has 0 aliphatic rings. The van der Waals surface area contributed by atoms with E-state index in [1.54, 1.807) is 0 Å². The monoisotopic (exact) mass is 308 g/mol. The second-order valence-electron chi connectivity index (χ2n) is 6.34. The van der Waals surface area contributed by atoms with E-state index in [1.165, 1.54) is 0 Å². The lowest BCUT2D eigenvalue weighted by molar-refractivity contribution is -0.124. The summed E-state index contributed by atoms with van der Waals surface area (Å²) in [6.45, 7) is 7.77. The molecule has 0 aliphatic carbocycles. The van der Waals surface area contributed by atoms with Crippen molar-refractivity contribution in [3.63, 3.8) is 0 Å². The van der Waals surface area contributed by atoms with Crippen LogP contribution >= 0.6 is 0 Å². The van der Waals surface area contributed by atoms with Crippen molar-refractivity contribution < 1.29 is 14.6 Å². The fraction of sp³-hybridized carbons (Fsp3) is 0.588. The maximum absolute atomic E-state index is 11.7. The van der Waals surface area contributed by atoms with Gasteiger partial charge in [-0.25, -0.2) is 0 Å². The summed E-state index contributed by atoms with van der Waals surface area (Å²) in [4.78, 5) is 11.7. The van der Waals surface area contributed by atoms with Gasteiger partial charge in [0.05, 0.1) is 0 Å². The third-order valence-corrected chi connectivity index (χ3v) is 2.90. The maximum atomic E-state index is 11.7. The van der Waals surface area contributed by atoms with Crippen molar-refractivity contribution in [2.24, 2.45) is 0 Å². The summed E-state index contributed by atoms with van der Waals surface area (Å²) in [5, 5.41) is 14.9. The fourth-order valence-electron chi connectivity index (χ4n) is 1.90. The highest BCUT2D eigenvalue weighted by Crippen LogP contribution is 2.12. The van der Waals surface area contributed by atoms with Gasteiger partial charge >= 0.3 is 0 Å². The molecule has 5 heteroatoms. The number of carbonyl (C=O) groups is 1. The van der Waals surface area contributed by atoms with Crippen LogP contribution in [0.4, 0.5) is 0 Å². The van der Waals surface area contributed by atoms with Gasteiger partial charge < -0.3 is 20.5 Å². The lowest BCUT2D eigenvalue weighted by Crippen LogP contribution is -2.43. The Morgan fingerprint density at radius 3 is 2.45 bits per heavy atom. The van der Waals surface area contributed by atoms with E-state index in [4.69, 9.17) is 9.84 Å². The van der Waals surface area contributed by atoms with Crippen LogP contribution < -0.4 is 15.4 Å². The second kappa shape index (κ2) is 9.43. The molecule has 0 aromatic heterocycles. The highest BCUT2D eigenvalue weighted by atomic mass is 16.5. The van der Waals surface area contributed by atoms with Crippen LogP contribution in [0.2, 0.25) is 0 Å². The normalized spacial score (nSPS) is 11.3. The van der Waals surface area contributed by atoms with E-state index in [0.29, 0.717) is 5.75 Å². The van der Waals surface area contributed by atoms with Gasteiger partial charge in [-0.05, 0) is 57.9 Å². The van der Waals surface area contributed by atoms with Crippen LogP contribution in [0, 0.1) is 0 Å². The first-order valence-corrected chi connectivity index (χ1v) is 7.75. The maximum Gasteiger partial charge on any atom is 0.258 e. The Hall–Kier alpha value is -1.59. The minimum absolute atomic E-state index is 0.0238. The molecule has 5 nitrogen and oxygen atoms in total. The number of aliphatic hydroxyl groups excluding tert-OH is 1. The predicted molar refractivity (Wildman–Crippen MR) is 87.9 cm³/mol. The molecule has 0 aliphatic heterocycles. The van der Waals surface area contributed by atoms with Crippen molar-refractivity contribution >= 4 is 5.91 Å². The first-order chi connectivity index (χ1) is 10.4. The molecule has 0 fully saturated rings. The molecule has 1 rings (SSSR count). The zero-order valence-corrected chi connectivity index (χ0v) is 13.8.